The molecule has 0 saturated heterocycles. The van der Waals surface area contributed by atoms with Crippen LogP contribution >= 0.6 is 0 Å². The Hall–Kier alpha value is -1.52. The van der Waals surface area contributed by atoms with Crippen molar-refractivity contribution in [1.29, 1.82) is 0 Å². The summed E-state index contributed by atoms with van der Waals surface area (Å²) >= 11 is 0. The van der Waals surface area contributed by atoms with Gasteiger partial charge in [-0.1, -0.05) is 6.42 Å². The van der Waals surface area contributed by atoms with Gasteiger partial charge in [0.2, 0.25) is 0 Å². The van der Waals surface area contributed by atoms with Crippen LogP contribution < -0.4 is 5.73 Å². The number of carbonyl (C=O) groups excluding carboxylic acids is 1. The summed E-state index contributed by atoms with van der Waals surface area (Å²) in [6, 6.07) is 1.60. The van der Waals surface area contributed by atoms with Gasteiger partial charge in [0, 0.05) is 19.7 Å². The Morgan fingerprint density at radius 2 is 2.39 bits per heavy atom. The lowest BCUT2D eigenvalue weighted by Crippen LogP contribution is -2.34. The first-order valence-electron chi connectivity index (χ1n) is 6.70. The highest BCUT2D eigenvalue weighted by molar-refractivity contribution is 5.92. The summed E-state index contributed by atoms with van der Waals surface area (Å²) in [6.45, 7) is 0.860. The highest BCUT2D eigenvalue weighted by atomic mass is 16.2. The number of aromatic nitrogens is 2. The molecule has 2 aliphatic rings. The van der Waals surface area contributed by atoms with E-state index in [1.807, 2.05) is 7.05 Å². The minimum atomic E-state index is -0.0121. The lowest BCUT2D eigenvalue weighted by atomic mass is 9.88. The number of rotatable bonds is 3. The lowest BCUT2D eigenvalue weighted by Gasteiger charge is -2.26. The standard InChI is InChI=1S/C13H20N4O/c1-17(13(18)11-6-12(14)16-15-11)7-10-5-8-2-3-9(10)4-8/h6,8-10H,2-5,7H2,1H3,(H3,14,15,16). The number of hydrogen-bond donors (Lipinski definition) is 2. The SMILES string of the molecule is CN(CC1CC2CCC1C2)C(=O)c1cc(N)n[nH]1. The summed E-state index contributed by atoms with van der Waals surface area (Å²) in [5.74, 6) is 2.81. The quantitative estimate of drug-likeness (QED) is 0.851. The number of hydrogen-bond acceptors (Lipinski definition) is 3. The normalized spacial score (nSPS) is 29.7. The van der Waals surface area contributed by atoms with Gasteiger partial charge < -0.3 is 10.6 Å². The number of fused-ring (bicyclic) bond motifs is 2. The number of nitrogens with one attached hydrogen (secondary N) is 1. The molecule has 3 unspecified atom stereocenters. The highest BCUT2D eigenvalue weighted by Crippen LogP contribution is 2.48. The Balaban J connectivity index is 1.61. The molecular formula is C13H20N4O. The molecule has 0 aromatic carbocycles. The molecular weight excluding hydrogens is 228 g/mol. The van der Waals surface area contributed by atoms with Crippen molar-refractivity contribution >= 4 is 11.7 Å². The van der Waals surface area contributed by atoms with Crippen molar-refractivity contribution in [3.8, 4) is 0 Å². The first-order chi connectivity index (χ1) is 8.63. The van der Waals surface area contributed by atoms with Gasteiger partial charge in [0.25, 0.3) is 5.91 Å². The largest absolute Gasteiger partial charge is 0.382 e. The van der Waals surface area contributed by atoms with Crippen LogP contribution in [0.5, 0.6) is 0 Å². The number of nitrogen functional groups attached to an aromatic ring is 1. The van der Waals surface area contributed by atoms with Gasteiger partial charge >= 0.3 is 0 Å². The van der Waals surface area contributed by atoms with E-state index in [1.54, 1.807) is 11.0 Å². The molecule has 2 bridgehead atoms. The van der Waals surface area contributed by atoms with E-state index in [9.17, 15) is 4.79 Å². The maximum atomic E-state index is 12.2. The van der Waals surface area contributed by atoms with Crippen LogP contribution in [0.15, 0.2) is 6.07 Å². The van der Waals surface area contributed by atoms with Gasteiger partial charge in [-0.25, -0.2) is 0 Å². The molecule has 2 aliphatic carbocycles. The maximum Gasteiger partial charge on any atom is 0.271 e. The fourth-order valence-electron chi connectivity index (χ4n) is 3.69. The molecule has 0 radical (unpaired) electrons. The average Bonchev–Trinajstić information content (AvgIpc) is 3.03. The van der Waals surface area contributed by atoms with Crippen LogP contribution in [0.25, 0.3) is 0 Å². The van der Waals surface area contributed by atoms with Gasteiger partial charge in [0.1, 0.15) is 11.5 Å². The van der Waals surface area contributed by atoms with Crippen molar-refractivity contribution in [1.82, 2.24) is 15.1 Å². The molecule has 3 rings (SSSR count). The number of anilines is 1. The second kappa shape index (κ2) is 4.30. The van der Waals surface area contributed by atoms with E-state index < -0.39 is 0 Å². The summed E-state index contributed by atoms with van der Waals surface area (Å²) in [7, 11) is 1.87. The van der Waals surface area contributed by atoms with Crippen LogP contribution in [0.3, 0.4) is 0 Å². The summed E-state index contributed by atoms with van der Waals surface area (Å²) in [5.41, 5.74) is 6.00. The molecule has 18 heavy (non-hydrogen) atoms. The fraction of sp³-hybridized carbons (Fsp3) is 0.692. The molecule has 5 heteroatoms. The molecule has 2 saturated carbocycles. The first-order valence-corrected chi connectivity index (χ1v) is 6.70. The highest BCUT2D eigenvalue weighted by Gasteiger charge is 2.40. The summed E-state index contributed by atoms with van der Waals surface area (Å²) < 4.78 is 0. The minimum Gasteiger partial charge on any atom is -0.382 e. The first kappa shape index (κ1) is 11.6. The summed E-state index contributed by atoms with van der Waals surface area (Å²) in [5, 5.41) is 6.47. The van der Waals surface area contributed by atoms with Crippen molar-refractivity contribution in [2.45, 2.75) is 25.7 Å². The van der Waals surface area contributed by atoms with E-state index in [-0.39, 0.29) is 5.91 Å². The zero-order valence-electron chi connectivity index (χ0n) is 10.7. The smallest absolute Gasteiger partial charge is 0.271 e. The van der Waals surface area contributed by atoms with Gasteiger partial charge in [-0.2, -0.15) is 5.10 Å². The van der Waals surface area contributed by atoms with Crippen LogP contribution in [-0.4, -0.2) is 34.6 Å². The van der Waals surface area contributed by atoms with E-state index in [4.69, 9.17) is 5.73 Å². The van der Waals surface area contributed by atoms with Crippen LogP contribution in [0.4, 0.5) is 5.82 Å². The zero-order valence-corrected chi connectivity index (χ0v) is 10.7. The average molecular weight is 248 g/mol. The molecule has 98 valence electrons. The molecule has 0 spiro atoms. The third kappa shape index (κ3) is 1.98. The van der Waals surface area contributed by atoms with Crippen molar-refractivity contribution in [3.05, 3.63) is 11.8 Å². The van der Waals surface area contributed by atoms with Gasteiger partial charge in [0.15, 0.2) is 0 Å². The number of carbonyl (C=O) groups is 1. The molecule has 1 heterocycles. The van der Waals surface area contributed by atoms with Gasteiger partial charge in [-0.3, -0.25) is 9.89 Å². The summed E-state index contributed by atoms with van der Waals surface area (Å²) in [6.07, 6.45) is 5.43. The molecule has 0 aliphatic heterocycles. The monoisotopic (exact) mass is 248 g/mol. The van der Waals surface area contributed by atoms with E-state index in [0.29, 0.717) is 17.4 Å². The number of H-pyrrole nitrogens is 1. The Labute approximate surface area is 107 Å². The Kier molecular flexibility index (Phi) is 2.76. The van der Waals surface area contributed by atoms with E-state index in [2.05, 4.69) is 10.2 Å². The molecule has 3 N–H and O–H groups in total. The zero-order chi connectivity index (χ0) is 12.7. The van der Waals surface area contributed by atoms with E-state index in [1.165, 1.54) is 25.7 Å². The van der Waals surface area contributed by atoms with Gasteiger partial charge in [-0.05, 0) is 37.0 Å². The van der Waals surface area contributed by atoms with E-state index in [0.717, 1.165) is 18.4 Å². The summed E-state index contributed by atoms with van der Waals surface area (Å²) in [4.78, 5) is 14.0. The molecule has 1 aromatic rings. The Bertz CT molecular complexity index is 456. The number of nitrogens with two attached hydrogens (primary N) is 1. The van der Waals surface area contributed by atoms with Crippen LogP contribution in [0.2, 0.25) is 0 Å². The van der Waals surface area contributed by atoms with Crippen LogP contribution in [-0.2, 0) is 0 Å². The van der Waals surface area contributed by atoms with E-state index >= 15 is 0 Å². The van der Waals surface area contributed by atoms with Crippen molar-refractivity contribution in [2.75, 3.05) is 19.3 Å². The predicted octanol–water partition coefficient (Wildman–Crippen LogP) is 1.50. The van der Waals surface area contributed by atoms with Crippen LogP contribution in [0, 0.1) is 17.8 Å². The number of amides is 1. The van der Waals surface area contributed by atoms with Crippen molar-refractivity contribution in [2.24, 2.45) is 17.8 Å². The van der Waals surface area contributed by atoms with Gasteiger partial charge in [0.05, 0.1) is 0 Å². The Morgan fingerprint density at radius 1 is 1.56 bits per heavy atom. The second-order valence-corrected chi connectivity index (χ2v) is 5.83. The maximum absolute atomic E-state index is 12.2. The minimum absolute atomic E-state index is 0.0121. The molecule has 2 fully saturated rings. The fourth-order valence-corrected chi connectivity index (χ4v) is 3.69. The number of aromatic amines is 1. The third-order valence-corrected chi connectivity index (χ3v) is 4.57. The van der Waals surface area contributed by atoms with Crippen molar-refractivity contribution < 1.29 is 4.79 Å². The van der Waals surface area contributed by atoms with Crippen LogP contribution in [0.1, 0.15) is 36.2 Å². The van der Waals surface area contributed by atoms with Gasteiger partial charge in [-0.15, -0.1) is 0 Å². The molecule has 1 aromatic heterocycles. The topological polar surface area (TPSA) is 75.0 Å². The second-order valence-electron chi connectivity index (χ2n) is 5.83. The Morgan fingerprint density at radius 3 is 2.94 bits per heavy atom. The van der Waals surface area contributed by atoms with Crippen molar-refractivity contribution in [3.63, 3.8) is 0 Å². The third-order valence-electron chi connectivity index (χ3n) is 4.57. The molecule has 5 nitrogen and oxygen atoms in total. The number of nitrogens with zero attached hydrogens (tertiary/aromatic N) is 2. The lowest BCUT2D eigenvalue weighted by molar-refractivity contribution is 0.0748. The molecule has 3 atom stereocenters. The predicted molar refractivity (Wildman–Crippen MR) is 68.9 cm³/mol. The molecule has 1 amide bonds.